The summed E-state index contributed by atoms with van der Waals surface area (Å²) in [5.74, 6) is 0.871. The number of hydrogen-bond acceptors (Lipinski definition) is 3. The highest BCUT2D eigenvalue weighted by atomic mass is 79.9. The van der Waals surface area contributed by atoms with Gasteiger partial charge in [0.2, 0.25) is 0 Å². The summed E-state index contributed by atoms with van der Waals surface area (Å²) < 4.78 is 6.25. The van der Waals surface area contributed by atoms with E-state index in [0.717, 1.165) is 16.6 Å². The summed E-state index contributed by atoms with van der Waals surface area (Å²) in [6.07, 6.45) is 0.972. The highest BCUT2D eigenvalue weighted by Gasteiger charge is 2.12. The number of halogens is 1. The van der Waals surface area contributed by atoms with E-state index in [9.17, 15) is 0 Å². The van der Waals surface area contributed by atoms with Gasteiger partial charge in [0.25, 0.3) is 0 Å². The summed E-state index contributed by atoms with van der Waals surface area (Å²) in [5.41, 5.74) is 1.29. The van der Waals surface area contributed by atoms with E-state index in [2.05, 4.69) is 50.9 Å². The zero-order chi connectivity index (χ0) is 13.0. The van der Waals surface area contributed by atoms with Gasteiger partial charge in [-0.1, -0.05) is 12.1 Å². The molecule has 2 nitrogen and oxygen atoms in total. The number of hydrogen-bond donors (Lipinski definition) is 1. The lowest BCUT2D eigenvalue weighted by atomic mass is 10.0. The predicted octanol–water partition coefficient (Wildman–Crippen LogP) is 4.02. The fourth-order valence-corrected chi connectivity index (χ4v) is 3.33. The molecule has 1 atom stereocenters. The first-order valence-corrected chi connectivity index (χ1v) is 7.45. The van der Waals surface area contributed by atoms with Crippen LogP contribution in [-0.2, 0) is 6.42 Å². The number of benzene rings is 1. The molecule has 0 amide bonds. The monoisotopic (exact) mass is 325 g/mol. The number of nitrogens with one attached hydrogen (secondary N) is 1. The molecule has 18 heavy (non-hydrogen) atoms. The van der Waals surface area contributed by atoms with Crippen LogP contribution in [0.2, 0.25) is 0 Å². The molecule has 0 radical (unpaired) electrons. The number of methoxy groups -OCH3 is 1. The Balaban J connectivity index is 2.15. The van der Waals surface area contributed by atoms with Crippen LogP contribution >= 0.6 is 27.3 Å². The van der Waals surface area contributed by atoms with Crippen molar-refractivity contribution in [2.75, 3.05) is 14.2 Å². The van der Waals surface area contributed by atoms with Crippen LogP contribution in [0.4, 0.5) is 0 Å². The number of ether oxygens (including phenoxy) is 1. The Hall–Kier alpha value is -0.840. The van der Waals surface area contributed by atoms with Crippen LogP contribution in [0.1, 0.15) is 16.5 Å². The average molecular weight is 326 g/mol. The lowest BCUT2D eigenvalue weighted by Gasteiger charge is -2.15. The Morgan fingerprint density at radius 1 is 1.39 bits per heavy atom. The van der Waals surface area contributed by atoms with Crippen molar-refractivity contribution in [3.05, 3.63) is 50.6 Å². The maximum atomic E-state index is 5.24. The van der Waals surface area contributed by atoms with Crippen LogP contribution < -0.4 is 10.1 Å². The smallest absolute Gasteiger partial charge is 0.133 e. The highest BCUT2D eigenvalue weighted by Crippen LogP contribution is 2.28. The molecular formula is C14H16BrNOS. The molecule has 0 spiro atoms. The number of likely N-dealkylation sites (N-methyl/N-ethyl adjacent to an activating group) is 1. The lowest BCUT2D eigenvalue weighted by Crippen LogP contribution is -2.17. The van der Waals surface area contributed by atoms with Gasteiger partial charge in [0.1, 0.15) is 5.75 Å². The third kappa shape index (κ3) is 3.13. The van der Waals surface area contributed by atoms with Crippen molar-refractivity contribution >= 4 is 27.3 Å². The first-order chi connectivity index (χ1) is 8.74. The molecule has 4 heteroatoms. The summed E-state index contributed by atoms with van der Waals surface area (Å²) >= 11 is 5.31. The van der Waals surface area contributed by atoms with E-state index in [4.69, 9.17) is 4.74 Å². The maximum absolute atomic E-state index is 5.24. The minimum absolute atomic E-state index is 0.366. The Morgan fingerprint density at radius 3 is 2.78 bits per heavy atom. The second kappa shape index (κ2) is 6.36. The van der Waals surface area contributed by atoms with E-state index >= 15 is 0 Å². The summed E-state index contributed by atoms with van der Waals surface area (Å²) in [4.78, 5) is 1.37. The summed E-state index contributed by atoms with van der Waals surface area (Å²) in [6.45, 7) is 0. The minimum Gasteiger partial charge on any atom is -0.496 e. The van der Waals surface area contributed by atoms with Crippen molar-refractivity contribution in [2.24, 2.45) is 0 Å². The SMILES string of the molecule is CNC(Cc1ccc(OC)c(Br)c1)c1cccs1. The van der Waals surface area contributed by atoms with Gasteiger partial charge >= 0.3 is 0 Å². The molecular weight excluding hydrogens is 310 g/mol. The zero-order valence-corrected chi connectivity index (χ0v) is 12.8. The zero-order valence-electron chi connectivity index (χ0n) is 10.4. The Morgan fingerprint density at radius 2 is 2.22 bits per heavy atom. The van der Waals surface area contributed by atoms with Gasteiger partial charge in [-0.15, -0.1) is 11.3 Å². The van der Waals surface area contributed by atoms with E-state index in [1.54, 1.807) is 18.4 Å². The van der Waals surface area contributed by atoms with Crippen molar-refractivity contribution in [1.82, 2.24) is 5.32 Å². The van der Waals surface area contributed by atoms with Gasteiger partial charge in [0, 0.05) is 10.9 Å². The standard InChI is InChI=1S/C14H16BrNOS/c1-16-12(14-4-3-7-18-14)9-10-5-6-13(17-2)11(15)8-10/h3-8,12,16H,9H2,1-2H3. The molecule has 0 fully saturated rings. The molecule has 2 rings (SSSR count). The summed E-state index contributed by atoms with van der Waals surface area (Å²) in [6, 6.07) is 10.9. The predicted molar refractivity (Wildman–Crippen MR) is 80.5 cm³/mol. The second-order valence-electron chi connectivity index (χ2n) is 4.03. The van der Waals surface area contributed by atoms with E-state index in [1.807, 2.05) is 13.1 Å². The quantitative estimate of drug-likeness (QED) is 0.896. The largest absolute Gasteiger partial charge is 0.496 e. The fourth-order valence-electron chi connectivity index (χ4n) is 1.91. The third-order valence-electron chi connectivity index (χ3n) is 2.89. The first kappa shape index (κ1) is 13.6. The van der Waals surface area contributed by atoms with Crippen LogP contribution in [0.25, 0.3) is 0 Å². The molecule has 0 saturated carbocycles. The lowest BCUT2D eigenvalue weighted by molar-refractivity contribution is 0.412. The number of rotatable bonds is 5. The van der Waals surface area contributed by atoms with E-state index < -0.39 is 0 Å². The molecule has 1 N–H and O–H groups in total. The first-order valence-electron chi connectivity index (χ1n) is 5.77. The molecule has 0 bridgehead atoms. The molecule has 1 heterocycles. The Labute approximate surface area is 120 Å². The Bertz CT molecular complexity index is 499. The second-order valence-corrected chi connectivity index (χ2v) is 5.86. The fraction of sp³-hybridized carbons (Fsp3) is 0.286. The van der Waals surface area contributed by atoms with E-state index in [-0.39, 0.29) is 0 Å². The van der Waals surface area contributed by atoms with Gasteiger partial charge in [0.05, 0.1) is 11.6 Å². The van der Waals surface area contributed by atoms with Gasteiger partial charge in [-0.25, -0.2) is 0 Å². The molecule has 0 aliphatic rings. The van der Waals surface area contributed by atoms with Gasteiger partial charge in [-0.2, -0.15) is 0 Å². The van der Waals surface area contributed by atoms with Crippen LogP contribution in [0.3, 0.4) is 0 Å². The maximum Gasteiger partial charge on any atom is 0.133 e. The van der Waals surface area contributed by atoms with E-state index in [1.165, 1.54) is 10.4 Å². The van der Waals surface area contributed by atoms with Crippen molar-refractivity contribution in [2.45, 2.75) is 12.5 Å². The van der Waals surface area contributed by atoms with Crippen LogP contribution in [0.15, 0.2) is 40.2 Å². The normalized spacial score (nSPS) is 12.4. The molecule has 0 aliphatic heterocycles. The van der Waals surface area contributed by atoms with Gasteiger partial charge in [0.15, 0.2) is 0 Å². The molecule has 1 aromatic heterocycles. The molecule has 0 aliphatic carbocycles. The Kier molecular flexibility index (Phi) is 4.80. The molecule has 96 valence electrons. The van der Waals surface area contributed by atoms with Gasteiger partial charge < -0.3 is 10.1 Å². The third-order valence-corrected chi connectivity index (χ3v) is 4.50. The molecule has 1 unspecified atom stereocenters. The molecule has 2 aromatic rings. The van der Waals surface area contributed by atoms with Crippen molar-refractivity contribution < 1.29 is 4.74 Å². The molecule has 0 saturated heterocycles. The highest BCUT2D eigenvalue weighted by molar-refractivity contribution is 9.10. The van der Waals surface area contributed by atoms with Crippen molar-refractivity contribution in [1.29, 1.82) is 0 Å². The van der Waals surface area contributed by atoms with Gasteiger partial charge in [-0.3, -0.25) is 0 Å². The van der Waals surface area contributed by atoms with Crippen LogP contribution in [-0.4, -0.2) is 14.2 Å². The molecule has 1 aromatic carbocycles. The van der Waals surface area contributed by atoms with E-state index in [0.29, 0.717) is 6.04 Å². The average Bonchev–Trinajstić information content (AvgIpc) is 2.90. The van der Waals surface area contributed by atoms with Crippen LogP contribution in [0.5, 0.6) is 5.75 Å². The minimum atomic E-state index is 0.366. The number of thiophene rings is 1. The van der Waals surface area contributed by atoms with Crippen molar-refractivity contribution in [3.63, 3.8) is 0 Å². The van der Waals surface area contributed by atoms with Gasteiger partial charge in [-0.05, 0) is 58.5 Å². The summed E-state index contributed by atoms with van der Waals surface area (Å²) in [7, 11) is 3.69. The topological polar surface area (TPSA) is 21.3 Å². The van der Waals surface area contributed by atoms with Crippen molar-refractivity contribution in [3.8, 4) is 5.75 Å². The summed E-state index contributed by atoms with van der Waals surface area (Å²) in [5, 5.41) is 5.48. The van der Waals surface area contributed by atoms with Crippen LogP contribution in [0, 0.1) is 0 Å².